The van der Waals surface area contributed by atoms with Crippen LogP contribution >= 0.6 is 0 Å². The predicted octanol–water partition coefficient (Wildman–Crippen LogP) is 5.07. The number of aromatic nitrogens is 1. The SMILES string of the molecule is CC(C)c1c(C(=O)O)[nH]c2c(-c3cc(F)cc(F)c3F)cccc12. The Balaban J connectivity index is 2.40. The van der Waals surface area contributed by atoms with Gasteiger partial charge in [0.2, 0.25) is 0 Å². The molecule has 0 fully saturated rings. The molecule has 3 nitrogen and oxygen atoms in total. The lowest BCUT2D eigenvalue weighted by Gasteiger charge is -2.08. The lowest BCUT2D eigenvalue weighted by Crippen LogP contribution is -2.02. The van der Waals surface area contributed by atoms with Crippen molar-refractivity contribution in [2.45, 2.75) is 19.8 Å². The molecule has 0 radical (unpaired) electrons. The molecule has 0 saturated carbocycles. The molecule has 0 atom stereocenters. The van der Waals surface area contributed by atoms with Gasteiger partial charge in [-0.1, -0.05) is 32.0 Å². The Morgan fingerprint density at radius 2 is 1.83 bits per heavy atom. The molecule has 124 valence electrons. The Morgan fingerprint density at radius 3 is 2.46 bits per heavy atom. The number of H-pyrrole nitrogens is 1. The van der Waals surface area contributed by atoms with Crippen LogP contribution in [0.4, 0.5) is 13.2 Å². The molecule has 0 aliphatic heterocycles. The lowest BCUT2D eigenvalue weighted by molar-refractivity contribution is 0.0690. The molecule has 0 aliphatic carbocycles. The van der Waals surface area contributed by atoms with Gasteiger partial charge in [0, 0.05) is 22.6 Å². The van der Waals surface area contributed by atoms with Crippen LogP contribution in [0.3, 0.4) is 0 Å². The van der Waals surface area contributed by atoms with Crippen LogP contribution in [0.2, 0.25) is 0 Å². The smallest absolute Gasteiger partial charge is 0.352 e. The Kier molecular flexibility index (Phi) is 3.83. The van der Waals surface area contributed by atoms with Crippen molar-refractivity contribution < 1.29 is 23.1 Å². The highest BCUT2D eigenvalue weighted by Crippen LogP contribution is 2.36. The normalized spacial score (nSPS) is 11.4. The lowest BCUT2D eigenvalue weighted by atomic mass is 9.96. The van der Waals surface area contributed by atoms with E-state index in [1.54, 1.807) is 12.1 Å². The van der Waals surface area contributed by atoms with E-state index in [1.807, 2.05) is 13.8 Å². The van der Waals surface area contributed by atoms with E-state index < -0.39 is 23.4 Å². The summed E-state index contributed by atoms with van der Waals surface area (Å²) in [5, 5.41) is 9.98. The number of halogens is 3. The van der Waals surface area contributed by atoms with E-state index in [1.165, 1.54) is 6.07 Å². The molecule has 0 spiro atoms. The molecule has 24 heavy (non-hydrogen) atoms. The first kappa shape index (κ1) is 16.1. The number of nitrogens with one attached hydrogen (secondary N) is 1. The molecule has 2 aromatic carbocycles. The van der Waals surface area contributed by atoms with Crippen molar-refractivity contribution in [1.82, 2.24) is 4.98 Å². The zero-order valence-corrected chi connectivity index (χ0v) is 13.0. The van der Waals surface area contributed by atoms with Gasteiger partial charge in [-0.25, -0.2) is 18.0 Å². The van der Waals surface area contributed by atoms with Gasteiger partial charge in [-0.05, 0) is 17.5 Å². The number of aromatic amines is 1. The number of rotatable bonds is 3. The van der Waals surface area contributed by atoms with Crippen LogP contribution in [0.5, 0.6) is 0 Å². The highest BCUT2D eigenvalue weighted by atomic mass is 19.2. The first-order chi connectivity index (χ1) is 11.3. The number of hydrogen-bond acceptors (Lipinski definition) is 1. The fourth-order valence-electron chi connectivity index (χ4n) is 2.98. The van der Waals surface area contributed by atoms with Crippen LogP contribution in [0.15, 0.2) is 30.3 Å². The predicted molar refractivity (Wildman–Crippen MR) is 84.7 cm³/mol. The average Bonchev–Trinajstić information content (AvgIpc) is 2.90. The Labute approximate surface area is 135 Å². The number of carboxylic acids is 1. The Hall–Kier alpha value is -2.76. The summed E-state index contributed by atoms with van der Waals surface area (Å²) in [6, 6.07) is 6.15. The molecule has 0 saturated heterocycles. The van der Waals surface area contributed by atoms with Crippen LogP contribution in [0, 0.1) is 17.5 Å². The topological polar surface area (TPSA) is 53.1 Å². The van der Waals surface area contributed by atoms with Crippen LogP contribution in [-0.2, 0) is 0 Å². The number of aromatic carboxylic acids is 1. The molecule has 1 aromatic heterocycles. The summed E-state index contributed by atoms with van der Waals surface area (Å²) in [5.41, 5.74) is 0.841. The van der Waals surface area contributed by atoms with Crippen molar-refractivity contribution in [3.8, 4) is 11.1 Å². The summed E-state index contributed by atoms with van der Waals surface area (Å²) >= 11 is 0. The maximum Gasteiger partial charge on any atom is 0.352 e. The van der Waals surface area contributed by atoms with Gasteiger partial charge in [0.25, 0.3) is 0 Å². The van der Waals surface area contributed by atoms with Crippen molar-refractivity contribution in [3.63, 3.8) is 0 Å². The second kappa shape index (κ2) is 5.70. The number of hydrogen-bond donors (Lipinski definition) is 2. The minimum absolute atomic E-state index is 0.00951. The highest BCUT2D eigenvalue weighted by molar-refractivity contribution is 6.03. The van der Waals surface area contributed by atoms with Gasteiger partial charge in [0.1, 0.15) is 11.5 Å². The maximum absolute atomic E-state index is 14.1. The first-order valence-corrected chi connectivity index (χ1v) is 7.34. The zero-order valence-electron chi connectivity index (χ0n) is 13.0. The van der Waals surface area contributed by atoms with Gasteiger partial charge in [-0.2, -0.15) is 0 Å². The van der Waals surface area contributed by atoms with Gasteiger partial charge in [0.15, 0.2) is 11.6 Å². The van der Waals surface area contributed by atoms with Crippen molar-refractivity contribution in [2.75, 3.05) is 0 Å². The summed E-state index contributed by atoms with van der Waals surface area (Å²) < 4.78 is 41.2. The quantitative estimate of drug-likeness (QED) is 0.657. The van der Waals surface area contributed by atoms with Crippen molar-refractivity contribution in [2.24, 2.45) is 0 Å². The number of para-hydroxylation sites is 1. The molecule has 3 rings (SSSR count). The fraction of sp³-hybridized carbons (Fsp3) is 0.167. The average molecular weight is 333 g/mol. The largest absolute Gasteiger partial charge is 0.477 e. The van der Waals surface area contributed by atoms with E-state index in [2.05, 4.69) is 4.98 Å². The second-order valence-electron chi connectivity index (χ2n) is 5.85. The molecule has 3 aromatic rings. The van der Waals surface area contributed by atoms with Gasteiger partial charge in [-0.3, -0.25) is 0 Å². The monoisotopic (exact) mass is 333 g/mol. The molecule has 0 bridgehead atoms. The number of benzene rings is 2. The minimum atomic E-state index is -1.30. The summed E-state index contributed by atoms with van der Waals surface area (Å²) in [6.07, 6.45) is 0. The van der Waals surface area contributed by atoms with Gasteiger partial charge in [-0.15, -0.1) is 0 Å². The van der Waals surface area contributed by atoms with Crippen LogP contribution in [-0.4, -0.2) is 16.1 Å². The Morgan fingerprint density at radius 1 is 1.12 bits per heavy atom. The van der Waals surface area contributed by atoms with E-state index in [0.29, 0.717) is 22.5 Å². The number of carboxylic acid groups (broad SMARTS) is 1. The number of fused-ring (bicyclic) bond motifs is 1. The highest BCUT2D eigenvalue weighted by Gasteiger charge is 2.22. The van der Waals surface area contributed by atoms with Crippen molar-refractivity contribution in [1.29, 1.82) is 0 Å². The molecular weight excluding hydrogens is 319 g/mol. The third-order valence-corrected chi connectivity index (χ3v) is 3.95. The van der Waals surface area contributed by atoms with E-state index in [4.69, 9.17) is 0 Å². The molecular formula is C18H14F3NO2. The summed E-state index contributed by atoms with van der Waals surface area (Å²) in [7, 11) is 0. The van der Waals surface area contributed by atoms with Gasteiger partial charge in [0.05, 0.1) is 5.52 Å². The standard InChI is InChI=1S/C18H14F3NO2/c1-8(2)14-11-5-3-4-10(16(11)22-17(14)18(23)24)12-6-9(19)7-13(20)15(12)21/h3-8,22H,1-2H3,(H,23,24). The summed E-state index contributed by atoms with van der Waals surface area (Å²) in [4.78, 5) is 14.3. The van der Waals surface area contributed by atoms with Gasteiger partial charge >= 0.3 is 5.97 Å². The Bertz CT molecular complexity index is 961. The van der Waals surface area contributed by atoms with E-state index in [-0.39, 0.29) is 22.7 Å². The van der Waals surface area contributed by atoms with Crippen LogP contribution in [0.25, 0.3) is 22.0 Å². The molecule has 6 heteroatoms. The van der Waals surface area contributed by atoms with E-state index in [0.717, 1.165) is 6.07 Å². The summed E-state index contributed by atoms with van der Waals surface area (Å²) in [5.74, 6) is -4.63. The third-order valence-electron chi connectivity index (χ3n) is 3.95. The van der Waals surface area contributed by atoms with Crippen LogP contribution in [0.1, 0.15) is 35.8 Å². The molecule has 0 amide bonds. The minimum Gasteiger partial charge on any atom is -0.477 e. The molecule has 0 unspecified atom stereocenters. The second-order valence-corrected chi connectivity index (χ2v) is 5.85. The van der Waals surface area contributed by atoms with Crippen molar-refractivity contribution in [3.05, 3.63) is 59.0 Å². The molecule has 2 N–H and O–H groups in total. The molecule has 1 heterocycles. The van der Waals surface area contributed by atoms with E-state index >= 15 is 0 Å². The van der Waals surface area contributed by atoms with E-state index in [9.17, 15) is 23.1 Å². The first-order valence-electron chi connectivity index (χ1n) is 7.34. The van der Waals surface area contributed by atoms with Crippen molar-refractivity contribution >= 4 is 16.9 Å². The number of carbonyl (C=O) groups is 1. The fourth-order valence-corrected chi connectivity index (χ4v) is 2.98. The van der Waals surface area contributed by atoms with Crippen LogP contribution < -0.4 is 0 Å². The van der Waals surface area contributed by atoms with Gasteiger partial charge < -0.3 is 10.1 Å². The third kappa shape index (κ3) is 2.44. The summed E-state index contributed by atoms with van der Waals surface area (Å²) in [6.45, 7) is 3.67. The molecule has 0 aliphatic rings. The maximum atomic E-state index is 14.1. The zero-order chi connectivity index (χ0) is 17.6.